The fourth-order valence-electron chi connectivity index (χ4n) is 0.729. The van der Waals surface area contributed by atoms with Gasteiger partial charge in [-0.3, -0.25) is 4.79 Å². The molecular formula is C9H20N2O3S. The maximum atomic E-state index is 11.6. The van der Waals surface area contributed by atoms with Gasteiger partial charge in [-0.25, -0.2) is 8.42 Å². The molecule has 0 heterocycles. The molecular weight excluding hydrogens is 216 g/mol. The molecule has 0 aliphatic heterocycles. The van der Waals surface area contributed by atoms with Crippen LogP contribution >= 0.6 is 0 Å². The molecule has 0 bridgehead atoms. The summed E-state index contributed by atoms with van der Waals surface area (Å²) >= 11 is 0. The first-order valence-electron chi connectivity index (χ1n) is 4.78. The van der Waals surface area contributed by atoms with Crippen LogP contribution in [-0.4, -0.2) is 45.0 Å². The second kappa shape index (κ2) is 4.94. The Morgan fingerprint density at radius 2 is 1.87 bits per heavy atom. The zero-order chi connectivity index (χ0) is 12.3. The van der Waals surface area contributed by atoms with Gasteiger partial charge in [-0.05, 0) is 27.8 Å². The quantitative estimate of drug-likeness (QED) is 0.677. The molecule has 15 heavy (non-hydrogen) atoms. The van der Waals surface area contributed by atoms with E-state index in [-0.39, 0.29) is 6.04 Å². The predicted molar refractivity (Wildman–Crippen MR) is 60.5 cm³/mol. The zero-order valence-corrected chi connectivity index (χ0v) is 10.7. The van der Waals surface area contributed by atoms with E-state index in [1.165, 1.54) is 13.8 Å². The van der Waals surface area contributed by atoms with E-state index in [9.17, 15) is 13.2 Å². The highest BCUT2D eigenvalue weighted by Gasteiger charge is 2.38. The lowest BCUT2D eigenvalue weighted by Gasteiger charge is -2.22. The average Bonchev–Trinajstić information content (AvgIpc) is 2.11. The highest BCUT2D eigenvalue weighted by Crippen LogP contribution is 2.14. The van der Waals surface area contributed by atoms with Gasteiger partial charge >= 0.3 is 0 Å². The summed E-state index contributed by atoms with van der Waals surface area (Å²) in [5.74, 6) is -0.466. The number of rotatable bonds is 5. The number of amides is 1. The van der Waals surface area contributed by atoms with Gasteiger partial charge in [-0.2, -0.15) is 0 Å². The highest BCUT2D eigenvalue weighted by atomic mass is 32.2. The SMILES string of the molecule is CNC(C)CNC(=O)C(C)(C)S(C)(=O)=O. The fourth-order valence-corrected chi connectivity index (χ4v) is 1.14. The Bertz CT molecular complexity index is 322. The summed E-state index contributed by atoms with van der Waals surface area (Å²) in [4.78, 5) is 11.6. The molecule has 0 spiro atoms. The second-order valence-corrected chi connectivity index (χ2v) is 6.75. The summed E-state index contributed by atoms with van der Waals surface area (Å²) < 4.78 is 21.3. The van der Waals surface area contributed by atoms with Crippen molar-refractivity contribution < 1.29 is 13.2 Å². The van der Waals surface area contributed by atoms with Gasteiger partial charge < -0.3 is 10.6 Å². The van der Waals surface area contributed by atoms with Gasteiger partial charge in [0.25, 0.3) is 0 Å². The third-order valence-corrected chi connectivity index (χ3v) is 4.57. The number of carbonyl (C=O) groups excluding carboxylic acids is 1. The van der Waals surface area contributed by atoms with Crippen molar-refractivity contribution in [1.29, 1.82) is 0 Å². The minimum atomic E-state index is -3.39. The summed E-state index contributed by atoms with van der Waals surface area (Å²) in [7, 11) is -1.61. The van der Waals surface area contributed by atoms with Crippen molar-refractivity contribution in [3.05, 3.63) is 0 Å². The van der Waals surface area contributed by atoms with E-state index in [1.807, 2.05) is 6.92 Å². The van der Waals surface area contributed by atoms with Crippen LogP contribution < -0.4 is 10.6 Å². The van der Waals surface area contributed by atoms with Crippen LogP contribution in [0.4, 0.5) is 0 Å². The molecule has 0 saturated carbocycles. The van der Waals surface area contributed by atoms with Crippen LogP contribution in [0.1, 0.15) is 20.8 Å². The Balaban J connectivity index is 4.47. The van der Waals surface area contributed by atoms with Crippen molar-refractivity contribution in [2.45, 2.75) is 31.6 Å². The van der Waals surface area contributed by atoms with E-state index >= 15 is 0 Å². The number of carbonyl (C=O) groups is 1. The van der Waals surface area contributed by atoms with Crippen molar-refractivity contribution in [1.82, 2.24) is 10.6 Å². The van der Waals surface area contributed by atoms with Crippen LogP contribution in [-0.2, 0) is 14.6 Å². The van der Waals surface area contributed by atoms with Gasteiger partial charge in [0.15, 0.2) is 9.84 Å². The summed E-state index contributed by atoms with van der Waals surface area (Å²) in [6.07, 6.45) is 1.06. The van der Waals surface area contributed by atoms with Crippen molar-refractivity contribution in [2.24, 2.45) is 0 Å². The van der Waals surface area contributed by atoms with E-state index in [0.717, 1.165) is 6.26 Å². The van der Waals surface area contributed by atoms with Gasteiger partial charge in [-0.1, -0.05) is 0 Å². The lowest BCUT2D eigenvalue weighted by molar-refractivity contribution is -0.122. The van der Waals surface area contributed by atoms with Crippen LogP contribution in [0, 0.1) is 0 Å². The molecule has 0 aromatic carbocycles. The second-order valence-electron chi connectivity index (χ2n) is 4.18. The Labute approximate surface area is 91.5 Å². The summed E-state index contributed by atoms with van der Waals surface area (Å²) in [5.41, 5.74) is 0. The first kappa shape index (κ1) is 14.4. The molecule has 0 fully saturated rings. The highest BCUT2D eigenvalue weighted by molar-refractivity contribution is 7.92. The molecule has 6 heteroatoms. The number of hydrogen-bond acceptors (Lipinski definition) is 4. The largest absolute Gasteiger partial charge is 0.353 e. The molecule has 1 unspecified atom stereocenters. The predicted octanol–water partition coefficient (Wildman–Crippen LogP) is -0.466. The van der Waals surface area contributed by atoms with Gasteiger partial charge in [0.05, 0.1) is 0 Å². The number of nitrogens with one attached hydrogen (secondary N) is 2. The van der Waals surface area contributed by atoms with Gasteiger partial charge in [0.1, 0.15) is 4.75 Å². The molecule has 5 nitrogen and oxygen atoms in total. The molecule has 0 aliphatic carbocycles. The third-order valence-electron chi connectivity index (χ3n) is 2.54. The Morgan fingerprint density at radius 1 is 1.40 bits per heavy atom. The maximum absolute atomic E-state index is 11.6. The van der Waals surface area contributed by atoms with Crippen LogP contribution in [0.3, 0.4) is 0 Å². The summed E-state index contributed by atoms with van der Waals surface area (Å²) in [5, 5.41) is 5.55. The van der Waals surface area contributed by atoms with E-state index in [1.54, 1.807) is 7.05 Å². The van der Waals surface area contributed by atoms with Crippen LogP contribution in [0.5, 0.6) is 0 Å². The van der Waals surface area contributed by atoms with Crippen LogP contribution in [0.2, 0.25) is 0 Å². The van der Waals surface area contributed by atoms with Crippen molar-refractivity contribution in [3.8, 4) is 0 Å². The minimum Gasteiger partial charge on any atom is -0.353 e. The van der Waals surface area contributed by atoms with Crippen molar-refractivity contribution in [3.63, 3.8) is 0 Å². The minimum absolute atomic E-state index is 0.115. The van der Waals surface area contributed by atoms with Gasteiger partial charge in [0, 0.05) is 18.8 Å². The smallest absolute Gasteiger partial charge is 0.240 e. The van der Waals surface area contributed by atoms with Crippen molar-refractivity contribution in [2.75, 3.05) is 19.8 Å². The first-order valence-corrected chi connectivity index (χ1v) is 6.67. The number of sulfone groups is 1. The summed E-state index contributed by atoms with van der Waals surface area (Å²) in [6.45, 7) is 5.12. The Kier molecular flexibility index (Phi) is 4.73. The average molecular weight is 236 g/mol. The molecule has 1 atom stereocenters. The van der Waals surface area contributed by atoms with Gasteiger partial charge in [-0.15, -0.1) is 0 Å². The maximum Gasteiger partial charge on any atom is 0.240 e. The molecule has 1 amide bonds. The van der Waals surface area contributed by atoms with E-state index in [2.05, 4.69) is 10.6 Å². The zero-order valence-electron chi connectivity index (χ0n) is 9.92. The van der Waals surface area contributed by atoms with Crippen LogP contribution in [0.25, 0.3) is 0 Å². The van der Waals surface area contributed by atoms with E-state index in [0.29, 0.717) is 6.54 Å². The van der Waals surface area contributed by atoms with Gasteiger partial charge in [0.2, 0.25) is 5.91 Å². The Morgan fingerprint density at radius 3 is 2.20 bits per heavy atom. The molecule has 2 N–H and O–H groups in total. The molecule has 0 radical (unpaired) electrons. The third kappa shape index (κ3) is 3.79. The molecule has 0 rings (SSSR count). The standard InChI is InChI=1S/C9H20N2O3S/c1-7(10-4)6-11-8(12)9(2,3)15(5,13)14/h7,10H,6H2,1-5H3,(H,11,12). The normalized spacial score (nSPS) is 14.7. The number of hydrogen-bond donors (Lipinski definition) is 2. The number of likely N-dealkylation sites (N-methyl/N-ethyl adjacent to an activating group) is 1. The molecule has 0 saturated heterocycles. The topological polar surface area (TPSA) is 75.3 Å². The molecule has 0 aromatic heterocycles. The Hall–Kier alpha value is -0.620. The lowest BCUT2D eigenvalue weighted by atomic mass is 10.2. The fraction of sp³-hybridized carbons (Fsp3) is 0.889. The molecule has 0 aromatic rings. The van der Waals surface area contributed by atoms with Crippen molar-refractivity contribution >= 4 is 15.7 Å². The van der Waals surface area contributed by atoms with E-state index < -0.39 is 20.5 Å². The van der Waals surface area contributed by atoms with E-state index in [4.69, 9.17) is 0 Å². The lowest BCUT2D eigenvalue weighted by Crippen LogP contribution is -2.50. The molecule has 90 valence electrons. The monoisotopic (exact) mass is 236 g/mol. The summed E-state index contributed by atoms with van der Waals surface area (Å²) in [6, 6.07) is 0.115. The first-order chi connectivity index (χ1) is 6.63. The van der Waals surface area contributed by atoms with Crippen LogP contribution in [0.15, 0.2) is 0 Å². The molecule has 0 aliphatic rings.